The van der Waals surface area contributed by atoms with Crippen molar-refractivity contribution in [2.75, 3.05) is 19.5 Å². The Morgan fingerprint density at radius 3 is 2.50 bits per heavy atom. The molecule has 0 radical (unpaired) electrons. The summed E-state index contributed by atoms with van der Waals surface area (Å²) >= 11 is 0. The number of methoxy groups -OCH3 is 2. The lowest BCUT2D eigenvalue weighted by molar-refractivity contribution is -0.116. The molecule has 0 unspecified atom stereocenters. The summed E-state index contributed by atoms with van der Waals surface area (Å²) in [5.74, 6) is -0.0579. The molecule has 0 aliphatic rings. The molecule has 0 aliphatic heterocycles. The van der Waals surface area contributed by atoms with Gasteiger partial charge in [0.25, 0.3) is 0 Å². The first-order chi connectivity index (χ1) is 9.53. The number of carbonyl (C=O) groups is 2. The Morgan fingerprint density at radius 2 is 1.95 bits per heavy atom. The van der Waals surface area contributed by atoms with Crippen molar-refractivity contribution in [2.24, 2.45) is 0 Å². The average molecular weight is 279 g/mol. The Kier molecular flexibility index (Phi) is 6.03. The summed E-state index contributed by atoms with van der Waals surface area (Å²) in [6.45, 7) is 3.83. The third kappa shape index (κ3) is 3.98. The second-order valence-electron chi connectivity index (χ2n) is 4.51. The summed E-state index contributed by atoms with van der Waals surface area (Å²) in [5, 5.41) is 2.78. The summed E-state index contributed by atoms with van der Waals surface area (Å²) in [5.41, 5.74) is 1.54. The van der Waals surface area contributed by atoms with Gasteiger partial charge in [0.15, 0.2) is 0 Å². The van der Waals surface area contributed by atoms with E-state index in [1.165, 1.54) is 14.2 Å². The van der Waals surface area contributed by atoms with Crippen LogP contribution in [0, 0.1) is 6.92 Å². The topological polar surface area (TPSA) is 64.6 Å². The van der Waals surface area contributed by atoms with Crippen molar-refractivity contribution in [3.8, 4) is 5.75 Å². The first-order valence-electron chi connectivity index (χ1n) is 6.60. The highest BCUT2D eigenvalue weighted by Gasteiger charge is 2.17. The van der Waals surface area contributed by atoms with Crippen LogP contribution < -0.4 is 10.1 Å². The standard InChI is InChI=1S/C15H21NO4/c1-5-6-7-13(17)16-14-10(2)8-11(19-3)9-12(14)15(18)20-4/h8-9H,5-7H2,1-4H3,(H,16,17). The summed E-state index contributed by atoms with van der Waals surface area (Å²) in [4.78, 5) is 23.7. The van der Waals surface area contributed by atoms with Crippen LogP contribution in [0.1, 0.15) is 42.1 Å². The van der Waals surface area contributed by atoms with Crippen LogP contribution in [0.25, 0.3) is 0 Å². The molecular formula is C15H21NO4. The van der Waals surface area contributed by atoms with Crippen LogP contribution in [0.5, 0.6) is 5.75 Å². The van der Waals surface area contributed by atoms with E-state index in [4.69, 9.17) is 9.47 Å². The SMILES string of the molecule is CCCCC(=O)Nc1c(C)cc(OC)cc1C(=O)OC. The largest absolute Gasteiger partial charge is 0.497 e. The van der Waals surface area contributed by atoms with Gasteiger partial charge in [0.05, 0.1) is 25.5 Å². The van der Waals surface area contributed by atoms with Crippen LogP contribution >= 0.6 is 0 Å². The maximum atomic E-state index is 11.8. The molecule has 1 aromatic carbocycles. The molecule has 5 heteroatoms. The first kappa shape index (κ1) is 16.0. The van der Waals surface area contributed by atoms with E-state index in [0.29, 0.717) is 23.4 Å². The van der Waals surface area contributed by atoms with E-state index >= 15 is 0 Å². The molecule has 0 spiro atoms. The predicted octanol–water partition coefficient (Wildman–Crippen LogP) is 2.92. The van der Waals surface area contributed by atoms with Crippen LogP contribution in [0.3, 0.4) is 0 Å². The van der Waals surface area contributed by atoms with Crippen molar-refractivity contribution in [1.29, 1.82) is 0 Å². The maximum absolute atomic E-state index is 11.8. The zero-order valence-electron chi connectivity index (χ0n) is 12.4. The summed E-state index contributed by atoms with van der Waals surface area (Å²) in [6.07, 6.45) is 2.19. The molecule has 0 bridgehead atoms. The number of nitrogens with one attached hydrogen (secondary N) is 1. The second-order valence-corrected chi connectivity index (χ2v) is 4.51. The van der Waals surface area contributed by atoms with Gasteiger partial charge < -0.3 is 14.8 Å². The van der Waals surface area contributed by atoms with Gasteiger partial charge >= 0.3 is 5.97 Å². The van der Waals surface area contributed by atoms with Gasteiger partial charge in [-0.3, -0.25) is 4.79 Å². The fourth-order valence-electron chi connectivity index (χ4n) is 1.85. The molecule has 0 saturated heterocycles. The number of aryl methyl sites for hydroxylation is 1. The number of carbonyl (C=O) groups excluding carboxylic acids is 2. The Balaban J connectivity index is 3.09. The smallest absolute Gasteiger partial charge is 0.340 e. The Hall–Kier alpha value is -2.04. The zero-order valence-corrected chi connectivity index (χ0v) is 12.4. The highest BCUT2D eigenvalue weighted by molar-refractivity contribution is 6.02. The van der Waals surface area contributed by atoms with Crippen LogP contribution in [-0.4, -0.2) is 26.1 Å². The van der Waals surface area contributed by atoms with E-state index in [2.05, 4.69) is 5.32 Å². The van der Waals surface area contributed by atoms with Gasteiger partial charge in [0.1, 0.15) is 5.75 Å². The zero-order chi connectivity index (χ0) is 15.1. The van der Waals surface area contributed by atoms with Crippen molar-refractivity contribution >= 4 is 17.6 Å². The van der Waals surface area contributed by atoms with Crippen LogP contribution in [0.4, 0.5) is 5.69 Å². The third-order valence-corrected chi connectivity index (χ3v) is 2.97. The monoisotopic (exact) mass is 279 g/mol. The number of amides is 1. The molecule has 20 heavy (non-hydrogen) atoms. The molecule has 110 valence electrons. The number of esters is 1. The van der Waals surface area contributed by atoms with Crippen LogP contribution in [0.15, 0.2) is 12.1 Å². The summed E-state index contributed by atoms with van der Waals surface area (Å²) < 4.78 is 9.88. The Labute approximate surface area is 119 Å². The molecule has 0 aromatic heterocycles. The average Bonchev–Trinajstić information content (AvgIpc) is 2.45. The predicted molar refractivity (Wildman–Crippen MR) is 77.2 cm³/mol. The molecule has 5 nitrogen and oxygen atoms in total. The van der Waals surface area contributed by atoms with Crippen LogP contribution in [-0.2, 0) is 9.53 Å². The lowest BCUT2D eigenvalue weighted by Gasteiger charge is -2.14. The van der Waals surface area contributed by atoms with Crippen molar-refractivity contribution in [3.05, 3.63) is 23.3 Å². The minimum atomic E-state index is -0.502. The molecule has 1 amide bonds. The van der Waals surface area contributed by atoms with Gasteiger partial charge in [-0.25, -0.2) is 4.79 Å². The number of hydrogen-bond donors (Lipinski definition) is 1. The molecule has 1 rings (SSSR count). The number of unbranched alkanes of at least 4 members (excludes halogenated alkanes) is 1. The Morgan fingerprint density at radius 1 is 1.25 bits per heavy atom. The van der Waals surface area contributed by atoms with E-state index in [0.717, 1.165) is 18.4 Å². The van der Waals surface area contributed by atoms with E-state index < -0.39 is 5.97 Å². The number of rotatable bonds is 6. The lowest BCUT2D eigenvalue weighted by atomic mass is 10.1. The maximum Gasteiger partial charge on any atom is 0.340 e. The van der Waals surface area contributed by atoms with Gasteiger partial charge in [-0.2, -0.15) is 0 Å². The third-order valence-electron chi connectivity index (χ3n) is 2.97. The van der Waals surface area contributed by atoms with E-state index in [1.54, 1.807) is 12.1 Å². The van der Waals surface area contributed by atoms with Gasteiger partial charge in [-0.1, -0.05) is 13.3 Å². The quantitative estimate of drug-likeness (QED) is 0.813. The van der Waals surface area contributed by atoms with E-state index in [1.807, 2.05) is 13.8 Å². The Bertz CT molecular complexity index is 497. The fourth-order valence-corrected chi connectivity index (χ4v) is 1.85. The van der Waals surface area contributed by atoms with Gasteiger partial charge in [0, 0.05) is 6.42 Å². The van der Waals surface area contributed by atoms with Crippen molar-refractivity contribution in [1.82, 2.24) is 0 Å². The molecule has 0 saturated carbocycles. The lowest BCUT2D eigenvalue weighted by Crippen LogP contribution is -2.16. The second kappa shape index (κ2) is 7.53. The van der Waals surface area contributed by atoms with Crippen molar-refractivity contribution in [3.63, 3.8) is 0 Å². The fraction of sp³-hybridized carbons (Fsp3) is 0.467. The van der Waals surface area contributed by atoms with E-state index in [-0.39, 0.29) is 5.91 Å². The first-order valence-corrected chi connectivity index (χ1v) is 6.60. The van der Waals surface area contributed by atoms with Gasteiger partial charge in [-0.15, -0.1) is 0 Å². The highest BCUT2D eigenvalue weighted by atomic mass is 16.5. The number of ether oxygens (including phenoxy) is 2. The molecule has 0 atom stereocenters. The van der Waals surface area contributed by atoms with E-state index in [9.17, 15) is 9.59 Å². The molecule has 0 fully saturated rings. The highest BCUT2D eigenvalue weighted by Crippen LogP contribution is 2.27. The number of benzene rings is 1. The van der Waals surface area contributed by atoms with Crippen molar-refractivity contribution < 1.29 is 19.1 Å². The minimum absolute atomic E-state index is 0.106. The van der Waals surface area contributed by atoms with Gasteiger partial charge in [0.2, 0.25) is 5.91 Å². The normalized spacial score (nSPS) is 10.0. The van der Waals surface area contributed by atoms with Crippen LogP contribution in [0.2, 0.25) is 0 Å². The molecule has 0 aliphatic carbocycles. The number of hydrogen-bond acceptors (Lipinski definition) is 4. The summed E-state index contributed by atoms with van der Waals surface area (Å²) in [7, 11) is 2.83. The molecule has 1 aromatic rings. The van der Waals surface area contributed by atoms with Gasteiger partial charge in [-0.05, 0) is 31.0 Å². The number of anilines is 1. The molecule has 0 heterocycles. The molecule has 1 N–H and O–H groups in total. The van der Waals surface area contributed by atoms with Crippen molar-refractivity contribution in [2.45, 2.75) is 33.1 Å². The molecular weight excluding hydrogens is 258 g/mol. The summed E-state index contributed by atoms with van der Waals surface area (Å²) in [6, 6.07) is 3.33. The minimum Gasteiger partial charge on any atom is -0.497 e.